The smallest absolute Gasteiger partial charge is 0.295 e. The Morgan fingerprint density at radius 2 is 1.90 bits per heavy atom. The van der Waals surface area contributed by atoms with Crippen LogP contribution in [0.3, 0.4) is 0 Å². The number of ether oxygens (including phenoxy) is 2. The molecule has 0 saturated carbocycles. The van der Waals surface area contributed by atoms with Crippen LogP contribution in [0.4, 0.5) is 0 Å². The molecule has 2 aromatic rings. The average Bonchev–Trinajstić information content (AvgIpc) is 3.28. The number of hydrogen-bond donors (Lipinski definition) is 1. The van der Waals surface area contributed by atoms with Crippen molar-refractivity contribution in [3.8, 4) is 11.5 Å². The van der Waals surface area contributed by atoms with Crippen molar-refractivity contribution in [2.45, 2.75) is 19.4 Å². The van der Waals surface area contributed by atoms with E-state index in [1.807, 2.05) is 19.0 Å². The second-order valence-corrected chi connectivity index (χ2v) is 7.66. The quantitative estimate of drug-likeness (QED) is 0.393. The number of carbonyl (C=O) groups excluding carboxylic acids is 2. The molecule has 3 rings (SSSR count). The van der Waals surface area contributed by atoms with Gasteiger partial charge >= 0.3 is 0 Å². The molecular weight excluding hydrogens is 400 g/mol. The zero-order valence-electron chi connectivity index (χ0n) is 18.5. The topological polar surface area (TPSA) is 92.4 Å². The Hall–Kier alpha value is -3.26. The molecule has 8 heteroatoms. The van der Waals surface area contributed by atoms with Crippen LogP contribution >= 0.6 is 0 Å². The molecular formula is C23H28N2O6. The number of furan rings is 1. The molecule has 1 amide bonds. The van der Waals surface area contributed by atoms with Crippen LogP contribution in [0, 0.1) is 6.92 Å². The van der Waals surface area contributed by atoms with Crippen molar-refractivity contribution in [3.63, 3.8) is 0 Å². The van der Waals surface area contributed by atoms with Crippen molar-refractivity contribution in [1.82, 2.24) is 9.80 Å². The third kappa shape index (κ3) is 4.44. The zero-order valence-corrected chi connectivity index (χ0v) is 18.5. The summed E-state index contributed by atoms with van der Waals surface area (Å²) < 4.78 is 16.4. The number of ketones is 1. The van der Waals surface area contributed by atoms with E-state index in [4.69, 9.17) is 13.9 Å². The molecule has 1 aliphatic rings. The highest BCUT2D eigenvalue weighted by atomic mass is 16.5. The number of hydrogen-bond acceptors (Lipinski definition) is 7. The number of likely N-dealkylation sites (tertiary alicyclic amines) is 1. The summed E-state index contributed by atoms with van der Waals surface area (Å²) in [5, 5.41) is 11.2. The van der Waals surface area contributed by atoms with Gasteiger partial charge in [0.2, 0.25) is 0 Å². The third-order valence-corrected chi connectivity index (χ3v) is 5.24. The first-order valence-electron chi connectivity index (χ1n) is 10.00. The highest BCUT2D eigenvalue weighted by Crippen LogP contribution is 2.42. The van der Waals surface area contributed by atoms with Crippen molar-refractivity contribution in [3.05, 3.63) is 53.0 Å². The van der Waals surface area contributed by atoms with Crippen LogP contribution in [0.2, 0.25) is 0 Å². The number of benzene rings is 1. The van der Waals surface area contributed by atoms with E-state index in [9.17, 15) is 14.7 Å². The van der Waals surface area contributed by atoms with Gasteiger partial charge in [0.1, 0.15) is 34.8 Å². The summed E-state index contributed by atoms with van der Waals surface area (Å²) in [6.45, 7) is 2.88. The monoisotopic (exact) mass is 428 g/mol. The van der Waals surface area contributed by atoms with Gasteiger partial charge in [0.25, 0.3) is 11.7 Å². The fraction of sp³-hybridized carbons (Fsp3) is 0.391. The van der Waals surface area contributed by atoms with E-state index in [2.05, 4.69) is 0 Å². The second-order valence-electron chi connectivity index (χ2n) is 7.66. The van der Waals surface area contributed by atoms with Crippen molar-refractivity contribution in [1.29, 1.82) is 0 Å². The van der Waals surface area contributed by atoms with E-state index in [1.54, 1.807) is 37.3 Å². The Kier molecular flexibility index (Phi) is 6.70. The van der Waals surface area contributed by atoms with Gasteiger partial charge in [-0.3, -0.25) is 9.59 Å². The Bertz CT molecular complexity index is 1010. The summed E-state index contributed by atoms with van der Waals surface area (Å²) in [5.41, 5.74) is 0.233. The molecule has 31 heavy (non-hydrogen) atoms. The maximum absolute atomic E-state index is 13.0. The summed E-state index contributed by atoms with van der Waals surface area (Å²) in [6, 6.07) is 7.54. The number of Topliss-reactive ketones (excluding diaryl/α,β-unsaturated/α-hetero) is 1. The van der Waals surface area contributed by atoms with E-state index in [0.29, 0.717) is 36.0 Å². The summed E-state index contributed by atoms with van der Waals surface area (Å²) in [7, 11) is 6.85. The van der Waals surface area contributed by atoms with Crippen LogP contribution in [0.1, 0.15) is 29.5 Å². The number of amides is 1. The third-order valence-electron chi connectivity index (χ3n) is 5.24. The van der Waals surface area contributed by atoms with E-state index < -0.39 is 17.7 Å². The Balaban J connectivity index is 2.14. The van der Waals surface area contributed by atoms with E-state index >= 15 is 0 Å². The molecule has 0 aliphatic carbocycles. The van der Waals surface area contributed by atoms with Crippen molar-refractivity contribution >= 4 is 17.4 Å². The SMILES string of the molecule is COc1ccc(OC)c(/C(O)=C2\C(=O)C(=O)N(CCCN(C)C)C2c2ccc(C)o2)c1. The van der Waals surface area contributed by atoms with E-state index in [1.165, 1.54) is 19.1 Å². The number of aliphatic hydroxyl groups is 1. The van der Waals surface area contributed by atoms with Gasteiger partial charge in [-0.1, -0.05) is 0 Å². The Morgan fingerprint density at radius 3 is 2.48 bits per heavy atom. The van der Waals surface area contributed by atoms with Crippen LogP contribution in [-0.4, -0.2) is 68.0 Å². The molecule has 2 heterocycles. The van der Waals surface area contributed by atoms with Crippen LogP contribution in [-0.2, 0) is 9.59 Å². The van der Waals surface area contributed by atoms with Gasteiger partial charge in [0, 0.05) is 6.54 Å². The van der Waals surface area contributed by atoms with Gasteiger partial charge in [0.05, 0.1) is 25.4 Å². The predicted octanol–water partition coefficient (Wildman–Crippen LogP) is 2.98. The van der Waals surface area contributed by atoms with Crippen LogP contribution in [0.25, 0.3) is 5.76 Å². The number of carbonyl (C=O) groups is 2. The van der Waals surface area contributed by atoms with E-state index in [0.717, 1.165) is 6.54 Å². The van der Waals surface area contributed by atoms with Gasteiger partial charge in [-0.25, -0.2) is 0 Å². The Labute approximate surface area is 181 Å². The maximum Gasteiger partial charge on any atom is 0.295 e. The number of rotatable bonds is 8. The van der Waals surface area contributed by atoms with Crippen molar-refractivity contribution in [2.75, 3.05) is 41.4 Å². The predicted molar refractivity (Wildman–Crippen MR) is 115 cm³/mol. The van der Waals surface area contributed by atoms with Gasteiger partial charge in [-0.2, -0.15) is 0 Å². The normalized spacial score (nSPS) is 18.1. The molecule has 1 unspecified atom stereocenters. The first-order chi connectivity index (χ1) is 14.8. The molecule has 0 bridgehead atoms. The van der Waals surface area contributed by atoms with Gasteiger partial charge in [-0.15, -0.1) is 0 Å². The minimum atomic E-state index is -0.827. The highest BCUT2D eigenvalue weighted by molar-refractivity contribution is 6.46. The number of aliphatic hydroxyl groups excluding tert-OH is 1. The lowest BCUT2D eigenvalue weighted by atomic mass is 9.98. The lowest BCUT2D eigenvalue weighted by Crippen LogP contribution is -2.32. The minimum absolute atomic E-state index is 0.0317. The molecule has 1 aromatic carbocycles. The Morgan fingerprint density at radius 1 is 1.16 bits per heavy atom. The molecule has 1 N–H and O–H groups in total. The summed E-state index contributed by atoms with van der Waals surface area (Å²) in [4.78, 5) is 29.4. The van der Waals surface area contributed by atoms with Crippen LogP contribution in [0.5, 0.6) is 11.5 Å². The lowest BCUT2D eigenvalue weighted by molar-refractivity contribution is -0.140. The molecule has 1 atom stereocenters. The molecule has 1 fully saturated rings. The van der Waals surface area contributed by atoms with Crippen molar-refractivity contribution in [2.24, 2.45) is 0 Å². The largest absolute Gasteiger partial charge is 0.507 e. The van der Waals surface area contributed by atoms with Gasteiger partial charge in [-0.05, 0) is 64.3 Å². The molecule has 8 nitrogen and oxygen atoms in total. The van der Waals surface area contributed by atoms with Gasteiger partial charge in [0.15, 0.2) is 0 Å². The standard InChI is InChI=1S/C23H28N2O6/c1-14-7-9-18(31-14)20-19(22(27)23(28)25(20)12-6-11-24(2)3)21(26)16-13-15(29-4)8-10-17(16)30-5/h7-10,13,20,26H,6,11-12H2,1-5H3/b21-19+. The molecule has 0 radical (unpaired) electrons. The first-order valence-corrected chi connectivity index (χ1v) is 10.00. The minimum Gasteiger partial charge on any atom is -0.507 e. The highest BCUT2D eigenvalue weighted by Gasteiger charge is 2.47. The fourth-order valence-electron chi connectivity index (χ4n) is 3.71. The first kappa shape index (κ1) is 22.4. The fourth-order valence-corrected chi connectivity index (χ4v) is 3.71. The number of aryl methyl sites for hydroxylation is 1. The summed E-state index contributed by atoms with van der Waals surface area (Å²) in [6.07, 6.45) is 0.665. The van der Waals surface area contributed by atoms with Gasteiger partial charge < -0.3 is 28.8 Å². The second kappa shape index (κ2) is 9.26. The summed E-state index contributed by atoms with van der Waals surface area (Å²) in [5.74, 6) is 0.146. The van der Waals surface area contributed by atoms with Crippen LogP contribution < -0.4 is 9.47 Å². The number of nitrogens with zero attached hydrogens (tertiary/aromatic N) is 2. The lowest BCUT2D eigenvalue weighted by Gasteiger charge is -2.24. The van der Waals surface area contributed by atoms with E-state index in [-0.39, 0.29) is 16.9 Å². The average molecular weight is 428 g/mol. The molecule has 1 aromatic heterocycles. The molecule has 0 spiro atoms. The molecule has 1 aliphatic heterocycles. The number of methoxy groups -OCH3 is 2. The van der Waals surface area contributed by atoms with Crippen molar-refractivity contribution < 1.29 is 28.6 Å². The maximum atomic E-state index is 13.0. The molecule has 1 saturated heterocycles. The zero-order chi connectivity index (χ0) is 22.7. The van der Waals surface area contributed by atoms with Crippen LogP contribution in [0.15, 0.2) is 40.3 Å². The molecule has 166 valence electrons. The summed E-state index contributed by atoms with van der Waals surface area (Å²) >= 11 is 0.